The quantitative estimate of drug-likeness (QED) is 0.272. The van der Waals surface area contributed by atoms with Crippen LogP contribution in [0.2, 0.25) is 0 Å². The Bertz CT molecular complexity index is 1380. The van der Waals surface area contributed by atoms with Crippen molar-refractivity contribution in [2.45, 2.75) is 12.8 Å². The SMILES string of the molecule is O=C(Nc1ccc2c(c1)N(C(O)CNCc1ccccn1)CC(=O)N2CCOc1ccccc1)c1ccco1. The molecule has 3 heterocycles. The van der Waals surface area contributed by atoms with Crippen molar-refractivity contribution < 1.29 is 23.8 Å². The molecule has 0 radical (unpaired) electrons. The summed E-state index contributed by atoms with van der Waals surface area (Å²) in [5, 5.41) is 17.1. The third-order valence-electron chi connectivity index (χ3n) is 6.23. The molecule has 0 bridgehead atoms. The number of hydrogen-bond donors (Lipinski definition) is 3. The van der Waals surface area contributed by atoms with Gasteiger partial charge in [-0.25, -0.2) is 0 Å². The topological polar surface area (TPSA) is 120 Å². The van der Waals surface area contributed by atoms with Gasteiger partial charge < -0.3 is 34.7 Å². The van der Waals surface area contributed by atoms with Gasteiger partial charge in [-0.05, 0) is 54.6 Å². The Morgan fingerprint density at radius 3 is 2.67 bits per heavy atom. The number of rotatable bonds is 11. The number of aliphatic hydroxyl groups excluding tert-OH is 1. The smallest absolute Gasteiger partial charge is 0.291 e. The van der Waals surface area contributed by atoms with Gasteiger partial charge in [-0.2, -0.15) is 0 Å². The van der Waals surface area contributed by atoms with Gasteiger partial charge in [0.05, 0.1) is 29.9 Å². The zero-order chi connectivity index (χ0) is 27.0. The molecule has 10 nitrogen and oxygen atoms in total. The Morgan fingerprint density at radius 1 is 1.05 bits per heavy atom. The number of hydrogen-bond acceptors (Lipinski definition) is 8. The molecule has 10 heteroatoms. The van der Waals surface area contributed by atoms with Crippen molar-refractivity contribution in [3.05, 3.63) is 103 Å². The molecule has 1 aliphatic rings. The van der Waals surface area contributed by atoms with E-state index in [1.54, 1.807) is 46.3 Å². The van der Waals surface area contributed by atoms with E-state index in [4.69, 9.17) is 9.15 Å². The summed E-state index contributed by atoms with van der Waals surface area (Å²) in [4.78, 5) is 33.3. The lowest BCUT2D eigenvalue weighted by atomic mass is 10.1. The summed E-state index contributed by atoms with van der Waals surface area (Å²) < 4.78 is 11.0. The van der Waals surface area contributed by atoms with Gasteiger partial charge in [-0.1, -0.05) is 24.3 Å². The van der Waals surface area contributed by atoms with E-state index >= 15 is 0 Å². The fraction of sp³-hybridized carbons (Fsp3) is 0.207. The highest BCUT2D eigenvalue weighted by molar-refractivity contribution is 6.06. The third kappa shape index (κ3) is 6.43. The summed E-state index contributed by atoms with van der Waals surface area (Å²) in [6.45, 7) is 1.24. The van der Waals surface area contributed by atoms with Crippen LogP contribution in [0, 0.1) is 0 Å². The van der Waals surface area contributed by atoms with Crippen LogP contribution in [0.3, 0.4) is 0 Å². The van der Waals surface area contributed by atoms with Crippen LogP contribution in [0.15, 0.2) is 95.7 Å². The van der Waals surface area contributed by atoms with E-state index in [1.807, 2.05) is 48.5 Å². The maximum absolute atomic E-state index is 13.2. The zero-order valence-electron chi connectivity index (χ0n) is 21.2. The number of nitrogens with zero attached hydrogens (tertiary/aromatic N) is 3. The van der Waals surface area contributed by atoms with E-state index in [-0.39, 0.29) is 24.8 Å². The fourth-order valence-corrected chi connectivity index (χ4v) is 4.34. The first kappa shape index (κ1) is 26.0. The van der Waals surface area contributed by atoms with Crippen molar-refractivity contribution in [3.8, 4) is 5.75 Å². The number of aliphatic hydroxyl groups is 1. The molecule has 0 spiro atoms. The average Bonchev–Trinajstić information content (AvgIpc) is 3.51. The van der Waals surface area contributed by atoms with Crippen molar-refractivity contribution in [2.75, 3.05) is 41.4 Å². The van der Waals surface area contributed by atoms with Crippen LogP contribution >= 0.6 is 0 Å². The molecule has 0 saturated carbocycles. The van der Waals surface area contributed by atoms with Crippen LogP contribution in [-0.4, -0.2) is 54.4 Å². The number of ether oxygens (including phenoxy) is 1. The predicted molar refractivity (Wildman–Crippen MR) is 147 cm³/mol. The van der Waals surface area contributed by atoms with Gasteiger partial charge >= 0.3 is 0 Å². The first-order valence-electron chi connectivity index (χ1n) is 12.6. The first-order chi connectivity index (χ1) is 19.1. The summed E-state index contributed by atoms with van der Waals surface area (Å²) in [5.74, 6) is 0.326. The number of carbonyl (C=O) groups excluding carboxylic acids is 2. The van der Waals surface area contributed by atoms with Gasteiger partial charge in [0.2, 0.25) is 5.91 Å². The normalized spacial score (nSPS) is 13.6. The number of anilines is 3. The molecule has 5 rings (SSSR count). The number of nitrogens with one attached hydrogen (secondary N) is 2. The maximum Gasteiger partial charge on any atom is 0.291 e. The van der Waals surface area contributed by atoms with Crippen LogP contribution in [0.4, 0.5) is 17.1 Å². The van der Waals surface area contributed by atoms with Crippen molar-refractivity contribution in [2.24, 2.45) is 0 Å². The fourth-order valence-electron chi connectivity index (χ4n) is 4.34. The van der Waals surface area contributed by atoms with Gasteiger partial charge in [0.1, 0.15) is 25.1 Å². The Labute approximate surface area is 225 Å². The van der Waals surface area contributed by atoms with Crippen molar-refractivity contribution in [1.29, 1.82) is 0 Å². The molecule has 1 atom stereocenters. The number of carbonyl (C=O) groups is 2. The lowest BCUT2D eigenvalue weighted by Gasteiger charge is -2.40. The second-order valence-electron chi connectivity index (χ2n) is 8.90. The Kier molecular flexibility index (Phi) is 8.15. The minimum atomic E-state index is -1.00. The molecular formula is C29H29N5O5. The summed E-state index contributed by atoms with van der Waals surface area (Å²) in [6, 6.07) is 23.5. The number of benzene rings is 2. The Morgan fingerprint density at radius 2 is 1.90 bits per heavy atom. The van der Waals surface area contributed by atoms with Crippen molar-refractivity contribution in [3.63, 3.8) is 0 Å². The van der Waals surface area contributed by atoms with Gasteiger partial charge in [-0.3, -0.25) is 14.6 Å². The predicted octanol–water partition coefficient (Wildman–Crippen LogP) is 3.27. The molecule has 0 saturated heterocycles. The first-order valence-corrected chi connectivity index (χ1v) is 12.6. The number of amides is 2. The lowest BCUT2D eigenvalue weighted by Crippen LogP contribution is -2.53. The van der Waals surface area contributed by atoms with Gasteiger partial charge in [0.25, 0.3) is 5.91 Å². The van der Waals surface area contributed by atoms with Gasteiger partial charge in [-0.15, -0.1) is 0 Å². The third-order valence-corrected chi connectivity index (χ3v) is 6.23. The summed E-state index contributed by atoms with van der Waals surface area (Å²) in [7, 11) is 0. The number of aromatic nitrogens is 1. The second kappa shape index (κ2) is 12.2. The number of furan rings is 1. The molecule has 0 aliphatic carbocycles. The van der Waals surface area contributed by atoms with Crippen molar-refractivity contribution >= 4 is 28.9 Å². The minimum Gasteiger partial charge on any atom is -0.492 e. The molecule has 0 fully saturated rings. The Balaban J connectivity index is 1.34. The summed E-state index contributed by atoms with van der Waals surface area (Å²) in [6.07, 6.45) is 2.13. The van der Waals surface area contributed by atoms with E-state index in [2.05, 4.69) is 15.6 Å². The molecule has 1 aliphatic heterocycles. The summed E-state index contributed by atoms with van der Waals surface area (Å²) in [5.41, 5.74) is 2.57. The van der Waals surface area contributed by atoms with E-state index in [0.29, 0.717) is 42.5 Å². The minimum absolute atomic E-state index is 0.0413. The van der Waals surface area contributed by atoms with Crippen LogP contribution in [0.5, 0.6) is 5.75 Å². The molecule has 2 amide bonds. The number of para-hydroxylation sites is 1. The Hall–Kier alpha value is -4.67. The zero-order valence-corrected chi connectivity index (χ0v) is 21.2. The molecule has 1 unspecified atom stereocenters. The van der Waals surface area contributed by atoms with E-state index in [1.165, 1.54) is 6.26 Å². The highest BCUT2D eigenvalue weighted by atomic mass is 16.5. The number of pyridine rings is 1. The molecular weight excluding hydrogens is 498 g/mol. The molecule has 4 aromatic rings. The number of fused-ring (bicyclic) bond motifs is 1. The highest BCUT2D eigenvalue weighted by Crippen LogP contribution is 2.37. The molecule has 200 valence electrons. The van der Waals surface area contributed by atoms with Crippen LogP contribution in [-0.2, 0) is 11.3 Å². The highest BCUT2D eigenvalue weighted by Gasteiger charge is 2.32. The molecule has 3 N–H and O–H groups in total. The van der Waals surface area contributed by atoms with Gasteiger partial charge in [0.15, 0.2) is 5.76 Å². The second-order valence-corrected chi connectivity index (χ2v) is 8.90. The van der Waals surface area contributed by atoms with Crippen LogP contribution in [0.25, 0.3) is 0 Å². The standard InChI is InChI=1S/C29H29N5O5/c35-27(19-30-18-22-7-4-5-13-31-22)34-20-28(36)33(14-16-38-23-8-2-1-3-9-23)24-12-11-21(17-25(24)34)32-29(37)26-10-6-15-39-26/h1-13,15,17,27,30,35H,14,16,18-20H2,(H,32,37). The van der Waals surface area contributed by atoms with Gasteiger partial charge in [0, 0.05) is 25.0 Å². The largest absolute Gasteiger partial charge is 0.492 e. The van der Waals surface area contributed by atoms with E-state index in [9.17, 15) is 14.7 Å². The average molecular weight is 528 g/mol. The molecule has 39 heavy (non-hydrogen) atoms. The molecule has 2 aromatic heterocycles. The maximum atomic E-state index is 13.2. The van der Waals surface area contributed by atoms with Crippen LogP contribution in [0.1, 0.15) is 16.2 Å². The lowest BCUT2D eigenvalue weighted by molar-refractivity contribution is -0.118. The van der Waals surface area contributed by atoms with Crippen LogP contribution < -0.4 is 25.2 Å². The molecule has 2 aromatic carbocycles. The monoisotopic (exact) mass is 527 g/mol. The van der Waals surface area contributed by atoms with E-state index in [0.717, 1.165) is 5.69 Å². The summed E-state index contributed by atoms with van der Waals surface area (Å²) >= 11 is 0. The van der Waals surface area contributed by atoms with Crippen molar-refractivity contribution in [1.82, 2.24) is 10.3 Å². The van der Waals surface area contributed by atoms with E-state index < -0.39 is 12.1 Å².